The monoisotopic (exact) mass is 228 g/mol. The molecule has 0 aromatic heterocycles. The van der Waals surface area contributed by atoms with Crippen LogP contribution in [0.3, 0.4) is 0 Å². The molecule has 0 spiro atoms. The van der Waals surface area contributed by atoms with E-state index in [-0.39, 0.29) is 6.04 Å². The van der Waals surface area contributed by atoms with E-state index in [0.29, 0.717) is 10.9 Å². The van der Waals surface area contributed by atoms with Crippen molar-refractivity contribution >= 4 is 11.6 Å². The van der Waals surface area contributed by atoms with Gasteiger partial charge in [-0.3, -0.25) is 11.3 Å². The summed E-state index contributed by atoms with van der Waals surface area (Å²) in [6.45, 7) is 4.19. The predicted octanol–water partition coefficient (Wildman–Crippen LogP) is 2.51. The molecule has 0 saturated heterocycles. The Hall–Kier alpha value is -0.770. The number of nitrogens with two attached hydrogens (primary N) is 1. The average molecular weight is 229 g/mol. The van der Waals surface area contributed by atoms with Crippen molar-refractivity contribution < 1.29 is 4.74 Å². The molecule has 1 unspecified atom stereocenters. The number of hydrogen-bond donors (Lipinski definition) is 2. The van der Waals surface area contributed by atoms with Gasteiger partial charge in [0, 0.05) is 10.6 Å². The number of halogens is 1. The molecule has 4 heteroatoms. The van der Waals surface area contributed by atoms with Crippen LogP contribution in [0.4, 0.5) is 0 Å². The van der Waals surface area contributed by atoms with E-state index >= 15 is 0 Å². The van der Waals surface area contributed by atoms with Crippen molar-refractivity contribution in [1.82, 2.24) is 5.43 Å². The first kappa shape index (κ1) is 12.3. The van der Waals surface area contributed by atoms with Crippen molar-refractivity contribution in [3.8, 4) is 5.75 Å². The maximum Gasteiger partial charge on any atom is 0.125 e. The standard InChI is InChI=1S/C11H17ClN2O/c1-7(2)11(14-13)9-5-4-8(12)6-10(9)15-3/h4-7,11,14H,13H2,1-3H3. The Kier molecular flexibility index (Phi) is 4.39. The highest BCUT2D eigenvalue weighted by Crippen LogP contribution is 2.31. The van der Waals surface area contributed by atoms with Crippen LogP contribution < -0.4 is 16.0 Å². The summed E-state index contributed by atoms with van der Waals surface area (Å²) in [6, 6.07) is 5.64. The highest BCUT2D eigenvalue weighted by Gasteiger charge is 2.18. The summed E-state index contributed by atoms with van der Waals surface area (Å²) in [7, 11) is 1.63. The number of hydrogen-bond acceptors (Lipinski definition) is 3. The maximum atomic E-state index is 5.89. The first-order chi connectivity index (χ1) is 7.10. The SMILES string of the molecule is COc1cc(Cl)ccc1C(NN)C(C)C. The number of nitrogens with one attached hydrogen (secondary N) is 1. The van der Waals surface area contributed by atoms with Crippen LogP contribution in [0.1, 0.15) is 25.5 Å². The molecule has 1 rings (SSSR count). The van der Waals surface area contributed by atoms with E-state index in [2.05, 4.69) is 19.3 Å². The molecule has 0 bridgehead atoms. The highest BCUT2D eigenvalue weighted by atomic mass is 35.5. The fraction of sp³-hybridized carbons (Fsp3) is 0.455. The number of rotatable bonds is 4. The molecule has 3 nitrogen and oxygen atoms in total. The molecule has 1 atom stereocenters. The first-order valence-electron chi connectivity index (χ1n) is 4.89. The fourth-order valence-corrected chi connectivity index (χ4v) is 1.75. The van der Waals surface area contributed by atoms with Crippen LogP contribution in [0.2, 0.25) is 5.02 Å². The lowest BCUT2D eigenvalue weighted by Crippen LogP contribution is -2.31. The van der Waals surface area contributed by atoms with Gasteiger partial charge in [-0.25, -0.2) is 0 Å². The Balaban J connectivity index is 3.11. The smallest absolute Gasteiger partial charge is 0.125 e. The molecule has 15 heavy (non-hydrogen) atoms. The second-order valence-electron chi connectivity index (χ2n) is 3.77. The number of methoxy groups -OCH3 is 1. The van der Waals surface area contributed by atoms with Gasteiger partial charge in [0.2, 0.25) is 0 Å². The van der Waals surface area contributed by atoms with Crippen LogP contribution in [0.15, 0.2) is 18.2 Å². The van der Waals surface area contributed by atoms with Crippen LogP contribution in [0.25, 0.3) is 0 Å². The molecule has 0 radical (unpaired) electrons. The minimum Gasteiger partial charge on any atom is -0.496 e. The van der Waals surface area contributed by atoms with Gasteiger partial charge in [-0.1, -0.05) is 31.5 Å². The van der Waals surface area contributed by atoms with Crippen molar-refractivity contribution in [3.63, 3.8) is 0 Å². The van der Waals surface area contributed by atoms with E-state index in [1.165, 1.54) is 0 Å². The minimum atomic E-state index is 0.0669. The Morgan fingerprint density at radius 2 is 2.07 bits per heavy atom. The van der Waals surface area contributed by atoms with Gasteiger partial charge >= 0.3 is 0 Å². The minimum absolute atomic E-state index is 0.0669. The summed E-state index contributed by atoms with van der Waals surface area (Å²) in [4.78, 5) is 0. The average Bonchev–Trinajstić information content (AvgIpc) is 2.20. The Labute approximate surface area is 95.5 Å². The van der Waals surface area contributed by atoms with E-state index in [9.17, 15) is 0 Å². The topological polar surface area (TPSA) is 47.3 Å². The van der Waals surface area contributed by atoms with E-state index < -0.39 is 0 Å². The largest absolute Gasteiger partial charge is 0.496 e. The van der Waals surface area contributed by atoms with Crippen molar-refractivity contribution in [2.75, 3.05) is 7.11 Å². The normalized spacial score (nSPS) is 12.9. The molecule has 0 aliphatic heterocycles. The lowest BCUT2D eigenvalue weighted by Gasteiger charge is -2.22. The lowest BCUT2D eigenvalue weighted by atomic mass is 9.96. The van der Waals surface area contributed by atoms with Crippen LogP contribution in [0.5, 0.6) is 5.75 Å². The van der Waals surface area contributed by atoms with Crippen LogP contribution in [-0.4, -0.2) is 7.11 Å². The van der Waals surface area contributed by atoms with E-state index in [4.69, 9.17) is 22.2 Å². The number of hydrazine groups is 1. The van der Waals surface area contributed by atoms with Gasteiger partial charge in [0.15, 0.2) is 0 Å². The molecule has 3 N–H and O–H groups in total. The molecule has 0 heterocycles. The van der Waals surface area contributed by atoms with Crippen molar-refractivity contribution in [1.29, 1.82) is 0 Å². The highest BCUT2D eigenvalue weighted by molar-refractivity contribution is 6.30. The van der Waals surface area contributed by atoms with Gasteiger partial charge in [0.05, 0.1) is 13.2 Å². The quantitative estimate of drug-likeness (QED) is 0.615. The molecule has 0 aliphatic rings. The van der Waals surface area contributed by atoms with E-state index in [1.54, 1.807) is 13.2 Å². The van der Waals surface area contributed by atoms with Gasteiger partial charge in [-0.05, 0) is 18.1 Å². The Morgan fingerprint density at radius 3 is 2.53 bits per heavy atom. The van der Waals surface area contributed by atoms with Crippen LogP contribution in [0, 0.1) is 5.92 Å². The summed E-state index contributed by atoms with van der Waals surface area (Å²) in [5.41, 5.74) is 3.82. The van der Waals surface area contributed by atoms with Gasteiger partial charge in [0.25, 0.3) is 0 Å². The molecule has 0 aliphatic carbocycles. The predicted molar refractivity (Wildman–Crippen MR) is 62.9 cm³/mol. The van der Waals surface area contributed by atoms with Crippen molar-refractivity contribution in [2.45, 2.75) is 19.9 Å². The molecular formula is C11H17ClN2O. The first-order valence-corrected chi connectivity index (χ1v) is 5.27. The van der Waals surface area contributed by atoms with Crippen molar-refractivity contribution in [3.05, 3.63) is 28.8 Å². The summed E-state index contributed by atoms with van der Waals surface area (Å²) in [6.07, 6.45) is 0. The molecule has 1 aromatic rings. The molecule has 0 amide bonds. The lowest BCUT2D eigenvalue weighted by molar-refractivity contribution is 0.373. The van der Waals surface area contributed by atoms with Crippen LogP contribution >= 0.6 is 11.6 Å². The number of ether oxygens (including phenoxy) is 1. The van der Waals surface area contributed by atoms with E-state index in [1.807, 2.05) is 12.1 Å². The summed E-state index contributed by atoms with van der Waals surface area (Å²) < 4.78 is 5.28. The van der Waals surface area contributed by atoms with E-state index in [0.717, 1.165) is 11.3 Å². The number of benzene rings is 1. The van der Waals surface area contributed by atoms with Crippen LogP contribution in [-0.2, 0) is 0 Å². The zero-order valence-electron chi connectivity index (χ0n) is 9.25. The summed E-state index contributed by atoms with van der Waals surface area (Å²) in [5, 5.41) is 0.662. The second kappa shape index (κ2) is 5.35. The maximum absolute atomic E-state index is 5.89. The third-order valence-electron chi connectivity index (χ3n) is 2.38. The summed E-state index contributed by atoms with van der Waals surface area (Å²) in [5.74, 6) is 6.67. The Bertz CT molecular complexity index is 328. The van der Waals surface area contributed by atoms with Gasteiger partial charge in [0.1, 0.15) is 5.75 Å². The van der Waals surface area contributed by atoms with Gasteiger partial charge < -0.3 is 4.74 Å². The zero-order valence-corrected chi connectivity index (χ0v) is 10.0. The second-order valence-corrected chi connectivity index (χ2v) is 4.21. The molecule has 0 fully saturated rings. The van der Waals surface area contributed by atoms with Gasteiger partial charge in [-0.15, -0.1) is 0 Å². The zero-order chi connectivity index (χ0) is 11.4. The third-order valence-corrected chi connectivity index (χ3v) is 2.61. The van der Waals surface area contributed by atoms with Crippen molar-refractivity contribution in [2.24, 2.45) is 11.8 Å². The molecular weight excluding hydrogens is 212 g/mol. The van der Waals surface area contributed by atoms with Gasteiger partial charge in [-0.2, -0.15) is 0 Å². The molecule has 1 aromatic carbocycles. The molecule has 84 valence electrons. The fourth-order valence-electron chi connectivity index (χ4n) is 1.58. The molecule has 0 saturated carbocycles. The summed E-state index contributed by atoms with van der Waals surface area (Å²) >= 11 is 5.89. The third kappa shape index (κ3) is 2.84. The Morgan fingerprint density at radius 1 is 1.40 bits per heavy atom.